The Morgan fingerprint density at radius 1 is 1.06 bits per heavy atom. The minimum Gasteiger partial charge on any atom is -0.426 e. The molecular weight excluding hydrogens is 414 g/mol. The number of morpholine rings is 1. The van der Waals surface area contributed by atoms with E-state index < -0.39 is 0 Å². The van der Waals surface area contributed by atoms with Gasteiger partial charge in [-0.25, -0.2) is 4.98 Å². The number of halogens is 1. The predicted molar refractivity (Wildman–Crippen MR) is 122 cm³/mol. The summed E-state index contributed by atoms with van der Waals surface area (Å²) in [4.78, 5) is 14.6. The fourth-order valence-electron chi connectivity index (χ4n) is 3.65. The third-order valence-corrected chi connectivity index (χ3v) is 5.56. The van der Waals surface area contributed by atoms with Gasteiger partial charge >= 0.3 is 6.01 Å². The molecule has 1 fully saturated rings. The molecular formula is C23H22ClN5O2. The lowest BCUT2D eigenvalue weighted by molar-refractivity contribution is 0.122. The van der Waals surface area contributed by atoms with Crippen LogP contribution in [0, 0.1) is 0 Å². The van der Waals surface area contributed by atoms with Gasteiger partial charge in [-0.2, -0.15) is 4.98 Å². The molecule has 0 aliphatic carbocycles. The van der Waals surface area contributed by atoms with Crippen molar-refractivity contribution in [2.24, 2.45) is 5.73 Å². The summed E-state index contributed by atoms with van der Waals surface area (Å²) < 4.78 is 11.3. The third kappa shape index (κ3) is 4.20. The van der Waals surface area contributed by atoms with E-state index in [2.05, 4.69) is 32.0 Å². The molecule has 5 rings (SSSR count). The van der Waals surface area contributed by atoms with Gasteiger partial charge in [0.1, 0.15) is 5.75 Å². The van der Waals surface area contributed by atoms with E-state index in [1.54, 1.807) is 0 Å². The molecule has 1 aliphatic rings. The van der Waals surface area contributed by atoms with Crippen LogP contribution >= 0.6 is 11.6 Å². The van der Waals surface area contributed by atoms with Crippen LogP contribution in [0.1, 0.15) is 5.56 Å². The van der Waals surface area contributed by atoms with Gasteiger partial charge in [-0.3, -0.25) is 0 Å². The van der Waals surface area contributed by atoms with E-state index in [-0.39, 0.29) is 0 Å². The van der Waals surface area contributed by atoms with E-state index in [0.29, 0.717) is 40.2 Å². The highest BCUT2D eigenvalue weighted by atomic mass is 35.5. The Morgan fingerprint density at radius 2 is 1.87 bits per heavy atom. The fourth-order valence-corrected chi connectivity index (χ4v) is 3.91. The van der Waals surface area contributed by atoms with Crippen molar-refractivity contribution in [2.75, 3.05) is 31.2 Å². The molecule has 8 heteroatoms. The van der Waals surface area contributed by atoms with Crippen molar-refractivity contribution in [1.29, 1.82) is 0 Å². The molecule has 0 spiro atoms. The van der Waals surface area contributed by atoms with Gasteiger partial charge < -0.3 is 25.1 Å². The number of aromatic nitrogens is 3. The summed E-state index contributed by atoms with van der Waals surface area (Å²) in [7, 11) is 0. The lowest BCUT2D eigenvalue weighted by atomic mass is 10.1. The zero-order chi connectivity index (χ0) is 21.2. The van der Waals surface area contributed by atoms with Gasteiger partial charge in [0, 0.05) is 30.9 Å². The second kappa shape index (κ2) is 8.55. The molecule has 3 heterocycles. The molecule has 0 bridgehead atoms. The number of benzene rings is 2. The van der Waals surface area contributed by atoms with Crippen LogP contribution in [0.3, 0.4) is 0 Å². The van der Waals surface area contributed by atoms with Crippen molar-refractivity contribution in [3.05, 3.63) is 65.2 Å². The minimum atomic E-state index is 0.354. The van der Waals surface area contributed by atoms with E-state index in [1.807, 2.05) is 42.5 Å². The van der Waals surface area contributed by atoms with E-state index >= 15 is 0 Å². The van der Waals surface area contributed by atoms with Gasteiger partial charge in [-0.15, -0.1) is 0 Å². The number of imidazole rings is 1. The normalized spacial score (nSPS) is 14.2. The maximum Gasteiger partial charge on any atom is 0.301 e. The van der Waals surface area contributed by atoms with Gasteiger partial charge in [0.25, 0.3) is 0 Å². The molecule has 2 aromatic heterocycles. The Kier molecular flexibility index (Phi) is 5.46. The summed E-state index contributed by atoms with van der Waals surface area (Å²) in [6.45, 7) is 3.75. The molecule has 7 nitrogen and oxygen atoms in total. The van der Waals surface area contributed by atoms with Gasteiger partial charge in [0.15, 0.2) is 5.65 Å². The monoisotopic (exact) mass is 435 g/mol. The van der Waals surface area contributed by atoms with E-state index in [9.17, 15) is 0 Å². The zero-order valence-electron chi connectivity index (χ0n) is 16.8. The van der Waals surface area contributed by atoms with Crippen molar-refractivity contribution in [2.45, 2.75) is 6.54 Å². The Bertz CT molecular complexity index is 1200. The highest BCUT2D eigenvalue weighted by molar-refractivity contribution is 6.33. The van der Waals surface area contributed by atoms with Crippen LogP contribution in [0.5, 0.6) is 11.8 Å². The quantitative estimate of drug-likeness (QED) is 0.484. The van der Waals surface area contributed by atoms with Crippen molar-refractivity contribution in [3.8, 4) is 23.0 Å². The number of H-pyrrole nitrogens is 1. The summed E-state index contributed by atoms with van der Waals surface area (Å²) in [5.41, 5.74) is 10.7. The second-order valence-electron chi connectivity index (χ2n) is 7.33. The number of aromatic amines is 1. The number of hydrogen-bond donors (Lipinski definition) is 2. The maximum atomic E-state index is 6.54. The van der Waals surface area contributed by atoms with Crippen LogP contribution in [-0.2, 0) is 11.3 Å². The predicted octanol–water partition coefficient (Wildman–Crippen LogP) is 4.37. The molecule has 0 atom stereocenters. The Morgan fingerprint density at radius 3 is 2.65 bits per heavy atom. The van der Waals surface area contributed by atoms with Crippen molar-refractivity contribution < 1.29 is 9.47 Å². The van der Waals surface area contributed by atoms with Crippen molar-refractivity contribution in [3.63, 3.8) is 0 Å². The standard InChI is InChI=1S/C23H22ClN5O2/c24-19-13-20-22(28-23(26-20)31-18-3-1-2-15(12-18)14-25)27-21(19)16-4-6-17(7-5-16)29-8-10-30-11-9-29/h1-7,12-13H,8-11,14,25H2,(H,26,27,28). The van der Waals surface area contributed by atoms with E-state index in [4.69, 9.17) is 26.8 Å². The number of nitrogens with one attached hydrogen (secondary N) is 1. The summed E-state index contributed by atoms with van der Waals surface area (Å²) >= 11 is 6.54. The molecule has 4 aromatic rings. The van der Waals surface area contributed by atoms with Gasteiger partial charge in [0.05, 0.1) is 29.4 Å². The highest BCUT2D eigenvalue weighted by Gasteiger charge is 2.14. The molecule has 0 unspecified atom stereocenters. The molecule has 158 valence electrons. The highest BCUT2D eigenvalue weighted by Crippen LogP contribution is 2.31. The summed E-state index contributed by atoms with van der Waals surface area (Å²) in [5.74, 6) is 0.659. The number of hydrogen-bond acceptors (Lipinski definition) is 6. The summed E-state index contributed by atoms with van der Waals surface area (Å²) in [5, 5.41) is 0.548. The van der Waals surface area contributed by atoms with Crippen LogP contribution in [0.2, 0.25) is 5.02 Å². The number of pyridine rings is 1. The van der Waals surface area contributed by atoms with Gasteiger partial charge in [0.2, 0.25) is 0 Å². The molecule has 2 aromatic carbocycles. The van der Waals surface area contributed by atoms with Crippen LogP contribution < -0.4 is 15.4 Å². The van der Waals surface area contributed by atoms with Crippen molar-refractivity contribution >= 4 is 28.5 Å². The SMILES string of the molecule is NCc1cccc(Oc2nc3nc(-c4ccc(N5CCOCC5)cc4)c(Cl)cc3[nH]2)c1. The van der Waals surface area contributed by atoms with Crippen LogP contribution in [-0.4, -0.2) is 41.3 Å². The lowest BCUT2D eigenvalue weighted by Gasteiger charge is -2.28. The number of rotatable bonds is 5. The smallest absolute Gasteiger partial charge is 0.301 e. The van der Waals surface area contributed by atoms with E-state index in [0.717, 1.165) is 37.4 Å². The van der Waals surface area contributed by atoms with Crippen LogP contribution in [0.4, 0.5) is 5.69 Å². The van der Waals surface area contributed by atoms with Crippen LogP contribution in [0.25, 0.3) is 22.4 Å². The number of nitrogens with zero attached hydrogens (tertiary/aromatic N) is 3. The second-order valence-corrected chi connectivity index (χ2v) is 7.74. The first-order valence-corrected chi connectivity index (χ1v) is 10.5. The Balaban J connectivity index is 1.41. The number of nitrogens with two attached hydrogens (primary N) is 1. The first-order chi connectivity index (χ1) is 15.2. The van der Waals surface area contributed by atoms with Gasteiger partial charge in [-0.1, -0.05) is 35.9 Å². The molecule has 1 saturated heterocycles. The Labute approximate surface area is 184 Å². The number of fused-ring (bicyclic) bond motifs is 1. The largest absolute Gasteiger partial charge is 0.426 e. The number of ether oxygens (including phenoxy) is 2. The maximum absolute atomic E-state index is 6.54. The fraction of sp³-hybridized carbons (Fsp3) is 0.217. The van der Waals surface area contributed by atoms with Crippen LogP contribution in [0.15, 0.2) is 54.6 Å². The first-order valence-electron chi connectivity index (χ1n) is 10.2. The molecule has 3 N–H and O–H groups in total. The Hall–Kier alpha value is -3.13. The molecule has 0 radical (unpaired) electrons. The van der Waals surface area contributed by atoms with E-state index in [1.165, 1.54) is 5.69 Å². The third-order valence-electron chi connectivity index (χ3n) is 5.27. The zero-order valence-corrected chi connectivity index (χ0v) is 17.6. The summed E-state index contributed by atoms with van der Waals surface area (Å²) in [6, 6.07) is 18.0. The molecule has 1 aliphatic heterocycles. The number of anilines is 1. The minimum absolute atomic E-state index is 0.354. The van der Waals surface area contributed by atoms with Gasteiger partial charge in [-0.05, 0) is 35.9 Å². The lowest BCUT2D eigenvalue weighted by Crippen LogP contribution is -2.36. The molecule has 0 amide bonds. The topological polar surface area (TPSA) is 89.3 Å². The molecule has 0 saturated carbocycles. The average Bonchev–Trinajstić information content (AvgIpc) is 3.20. The average molecular weight is 436 g/mol. The first kappa shape index (κ1) is 19.8. The molecule has 31 heavy (non-hydrogen) atoms. The van der Waals surface area contributed by atoms with Crippen molar-refractivity contribution in [1.82, 2.24) is 15.0 Å². The summed E-state index contributed by atoms with van der Waals surface area (Å²) in [6.07, 6.45) is 0.